The number of thiazole rings is 1. The molecule has 29 heavy (non-hydrogen) atoms. The highest BCUT2D eigenvalue weighted by Crippen LogP contribution is 2.24. The van der Waals surface area contributed by atoms with E-state index in [9.17, 15) is 4.79 Å². The van der Waals surface area contributed by atoms with Gasteiger partial charge in [0.1, 0.15) is 6.04 Å². The molecule has 5 heteroatoms. The van der Waals surface area contributed by atoms with E-state index < -0.39 is 0 Å². The number of amides is 1. The van der Waals surface area contributed by atoms with E-state index in [1.807, 2.05) is 67.6 Å². The summed E-state index contributed by atoms with van der Waals surface area (Å²) in [7, 11) is 1.80. The van der Waals surface area contributed by atoms with E-state index in [4.69, 9.17) is 4.98 Å². The first kappa shape index (κ1) is 19.2. The molecule has 146 valence electrons. The molecular formula is C24H23N3OS. The Bertz CT molecular complexity index is 1070. The molecule has 0 aliphatic carbocycles. The molecule has 1 atom stereocenters. The number of para-hydroxylation sites is 2. The fraction of sp³-hybridized carbons (Fsp3) is 0.167. The third kappa shape index (κ3) is 4.46. The molecular weight excluding hydrogens is 378 g/mol. The molecule has 0 unspecified atom stereocenters. The zero-order valence-electron chi connectivity index (χ0n) is 16.5. The van der Waals surface area contributed by atoms with E-state index in [0.717, 1.165) is 28.3 Å². The summed E-state index contributed by atoms with van der Waals surface area (Å²) >= 11 is 1.74. The quantitative estimate of drug-likeness (QED) is 0.474. The number of nitrogens with one attached hydrogen (secondary N) is 1. The van der Waals surface area contributed by atoms with Crippen LogP contribution >= 0.6 is 11.3 Å². The van der Waals surface area contributed by atoms with Gasteiger partial charge in [0.15, 0.2) is 0 Å². The number of likely N-dealkylation sites (N-methyl/N-ethyl adjacent to an activating group) is 1. The first-order valence-electron chi connectivity index (χ1n) is 9.63. The molecule has 4 rings (SSSR count). The summed E-state index contributed by atoms with van der Waals surface area (Å²) in [6.07, 6.45) is 0.810. The van der Waals surface area contributed by atoms with Crippen molar-refractivity contribution in [1.82, 2.24) is 4.98 Å². The maximum absolute atomic E-state index is 12.7. The van der Waals surface area contributed by atoms with E-state index >= 15 is 0 Å². The first-order valence-corrected chi connectivity index (χ1v) is 10.4. The van der Waals surface area contributed by atoms with Crippen molar-refractivity contribution in [2.75, 3.05) is 17.3 Å². The zero-order valence-corrected chi connectivity index (χ0v) is 17.3. The van der Waals surface area contributed by atoms with E-state index in [-0.39, 0.29) is 11.9 Å². The minimum absolute atomic E-state index is 0.0229. The molecule has 1 N–H and O–H groups in total. The van der Waals surface area contributed by atoms with Gasteiger partial charge in [0, 0.05) is 24.8 Å². The maximum atomic E-state index is 12.7. The summed E-state index contributed by atoms with van der Waals surface area (Å²) in [6.45, 7) is 1.89. The SMILES string of the molecule is C[C@@H](Nc1ccc(Cc2nc3ccccc3s2)cc1)C(=O)N(C)c1ccccc1. The Labute approximate surface area is 174 Å². The number of anilines is 2. The average molecular weight is 402 g/mol. The molecule has 1 amide bonds. The van der Waals surface area contributed by atoms with Crippen LogP contribution in [0, 0.1) is 0 Å². The number of nitrogens with zero attached hydrogens (tertiary/aromatic N) is 2. The largest absolute Gasteiger partial charge is 0.374 e. The highest BCUT2D eigenvalue weighted by molar-refractivity contribution is 7.18. The van der Waals surface area contributed by atoms with Crippen LogP contribution < -0.4 is 10.2 Å². The lowest BCUT2D eigenvalue weighted by atomic mass is 10.1. The van der Waals surface area contributed by atoms with Gasteiger partial charge in [-0.2, -0.15) is 0 Å². The second kappa shape index (κ2) is 8.45. The molecule has 1 heterocycles. The monoisotopic (exact) mass is 401 g/mol. The van der Waals surface area contributed by atoms with Crippen LogP contribution in [-0.4, -0.2) is 24.0 Å². The maximum Gasteiger partial charge on any atom is 0.248 e. The molecule has 0 spiro atoms. The van der Waals surface area contributed by atoms with Gasteiger partial charge in [-0.05, 0) is 48.9 Å². The van der Waals surface area contributed by atoms with Crippen LogP contribution in [0.5, 0.6) is 0 Å². The van der Waals surface area contributed by atoms with Crippen LogP contribution in [0.1, 0.15) is 17.5 Å². The number of benzene rings is 3. The van der Waals surface area contributed by atoms with E-state index in [0.29, 0.717) is 0 Å². The topological polar surface area (TPSA) is 45.2 Å². The molecule has 0 aliphatic heterocycles. The van der Waals surface area contributed by atoms with Crippen LogP contribution in [0.25, 0.3) is 10.2 Å². The Morgan fingerprint density at radius 3 is 2.41 bits per heavy atom. The van der Waals surface area contributed by atoms with Crippen LogP contribution in [0.2, 0.25) is 0 Å². The molecule has 0 fully saturated rings. The van der Waals surface area contributed by atoms with Gasteiger partial charge in [-0.1, -0.05) is 42.5 Å². The molecule has 4 nitrogen and oxygen atoms in total. The summed E-state index contributed by atoms with van der Waals surface area (Å²) in [6, 6.07) is 25.8. The van der Waals surface area contributed by atoms with Crippen molar-refractivity contribution in [3.8, 4) is 0 Å². The van der Waals surface area contributed by atoms with Crippen molar-refractivity contribution in [3.05, 3.63) is 89.4 Å². The van der Waals surface area contributed by atoms with Crippen molar-refractivity contribution < 1.29 is 4.79 Å². The van der Waals surface area contributed by atoms with E-state index in [2.05, 4.69) is 23.5 Å². The van der Waals surface area contributed by atoms with E-state index in [1.54, 1.807) is 23.3 Å². The predicted octanol–water partition coefficient (Wildman–Crippen LogP) is 5.35. The number of hydrogen-bond donors (Lipinski definition) is 1. The predicted molar refractivity (Wildman–Crippen MR) is 122 cm³/mol. The number of carbonyl (C=O) groups excluding carboxylic acids is 1. The fourth-order valence-electron chi connectivity index (χ4n) is 3.27. The second-order valence-electron chi connectivity index (χ2n) is 7.05. The Balaban J connectivity index is 1.39. The molecule has 1 aromatic heterocycles. The molecule has 3 aromatic carbocycles. The highest BCUT2D eigenvalue weighted by atomic mass is 32.1. The lowest BCUT2D eigenvalue weighted by molar-refractivity contribution is -0.118. The third-order valence-electron chi connectivity index (χ3n) is 4.88. The summed E-state index contributed by atoms with van der Waals surface area (Å²) in [5.74, 6) is 0.0229. The van der Waals surface area contributed by atoms with Crippen molar-refractivity contribution in [3.63, 3.8) is 0 Å². The smallest absolute Gasteiger partial charge is 0.248 e. The molecule has 0 saturated carbocycles. The van der Waals surface area contributed by atoms with Crippen molar-refractivity contribution in [2.45, 2.75) is 19.4 Å². The lowest BCUT2D eigenvalue weighted by Gasteiger charge is -2.23. The summed E-state index contributed by atoms with van der Waals surface area (Å²) in [5.41, 5.74) is 4.08. The van der Waals surface area contributed by atoms with Crippen LogP contribution in [0.4, 0.5) is 11.4 Å². The average Bonchev–Trinajstić information content (AvgIpc) is 3.17. The van der Waals surface area contributed by atoms with Gasteiger partial charge >= 0.3 is 0 Å². The summed E-state index contributed by atoms with van der Waals surface area (Å²) in [4.78, 5) is 19.1. The van der Waals surface area contributed by atoms with Crippen LogP contribution in [0.3, 0.4) is 0 Å². The van der Waals surface area contributed by atoms with Crippen molar-refractivity contribution >= 4 is 38.8 Å². The number of aromatic nitrogens is 1. The fourth-order valence-corrected chi connectivity index (χ4v) is 4.27. The van der Waals surface area contributed by atoms with Gasteiger partial charge in [-0.25, -0.2) is 4.98 Å². The Hall–Kier alpha value is -3.18. The molecule has 0 saturated heterocycles. The van der Waals surface area contributed by atoms with Crippen LogP contribution in [0.15, 0.2) is 78.9 Å². The summed E-state index contributed by atoms with van der Waals surface area (Å²) < 4.78 is 1.22. The van der Waals surface area contributed by atoms with Crippen molar-refractivity contribution in [1.29, 1.82) is 0 Å². The van der Waals surface area contributed by atoms with Gasteiger partial charge in [-0.15, -0.1) is 11.3 Å². The van der Waals surface area contributed by atoms with Crippen LogP contribution in [-0.2, 0) is 11.2 Å². The minimum Gasteiger partial charge on any atom is -0.374 e. The number of carbonyl (C=O) groups is 1. The van der Waals surface area contributed by atoms with E-state index in [1.165, 1.54) is 10.3 Å². The number of rotatable bonds is 6. The number of hydrogen-bond acceptors (Lipinski definition) is 4. The normalized spacial score (nSPS) is 11.9. The van der Waals surface area contributed by atoms with Gasteiger partial charge in [0.25, 0.3) is 0 Å². The third-order valence-corrected chi connectivity index (χ3v) is 5.91. The standard InChI is InChI=1S/C24H23N3OS/c1-17(24(28)27(2)20-8-4-3-5-9-20)25-19-14-12-18(13-15-19)16-23-26-21-10-6-7-11-22(21)29-23/h3-15,17,25H,16H2,1-2H3/t17-/m1/s1. The lowest BCUT2D eigenvalue weighted by Crippen LogP contribution is -2.39. The second-order valence-corrected chi connectivity index (χ2v) is 8.16. The highest BCUT2D eigenvalue weighted by Gasteiger charge is 2.18. The molecule has 0 radical (unpaired) electrons. The first-order chi connectivity index (χ1) is 14.1. The zero-order chi connectivity index (χ0) is 20.2. The summed E-state index contributed by atoms with van der Waals surface area (Å²) in [5, 5.41) is 4.41. The molecule has 0 bridgehead atoms. The Morgan fingerprint density at radius 2 is 1.69 bits per heavy atom. The Kier molecular flexibility index (Phi) is 5.58. The minimum atomic E-state index is -0.324. The van der Waals surface area contributed by atoms with Gasteiger partial charge < -0.3 is 10.2 Å². The molecule has 0 aliphatic rings. The van der Waals surface area contributed by atoms with Gasteiger partial charge in [-0.3, -0.25) is 4.79 Å². The van der Waals surface area contributed by atoms with Gasteiger partial charge in [0.05, 0.1) is 15.2 Å². The Morgan fingerprint density at radius 1 is 1.00 bits per heavy atom. The van der Waals surface area contributed by atoms with Gasteiger partial charge in [0.2, 0.25) is 5.91 Å². The van der Waals surface area contributed by atoms with Crippen molar-refractivity contribution in [2.24, 2.45) is 0 Å². The number of fused-ring (bicyclic) bond motifs is 1. The molecule has 4 aromatic rings.